The summed E-state index contributed by atoms with van der Waals surface area (Å²) >= 11 is 0. The van der Waals surface area contributed by atoms with E-state index in [1.54, 1.807) is 0 Å². The van der Waals surface area contributed by atoms with Crippen LogP contribution in [0.25, 0.3) is 0 Å². The smallest absolute Gasteiger partial charge is 0.188 e. The van der Waals surface area contributed by atoms with Crippen molar-refractivity contribution in [3.63, 3.8) is 0 Å². The Morgan fingerprint density at radius 1 is 1.00 bits per heavy atom. The Bertz CT molecular complexity index is 630. The van der Waals surface area contributed by atoms with Crippen molar-refractivity contribution < 1.29 is 9.53 Å². The molecule has 2 aromatic rings. The molecule has 0 heterocycles. The first kappa shape index (κ1) is 15.5. The van der Waals surface area contributed by atoms with E-state index in [0.717, 1.165) is 22.3 Å². The molecule has 2 heteroatoms. The Balaban J connectivity index is 2.04. The van der Waals surface area contributed by atoms with Gasteiger partial charge in [0.15, 0.2) is 5.78 Å². The molecule has 0 aliphatic carbocycles. The Hall–Kier alpha value is -1.93. The molecule has 0 bridgehead atoms. The molecule has 0 aliphatic heterocycles. The van der Waals surface area contributed by atoms with Gasteiger partial charge in [-0.25, -0.2) is 0 Å². The van der Waals surface area contributed by atoms with Crippen molar-refractivity contribution in [3.05, 3.63) is 70.3 Å². The summed E-state index contributed by atoms with van der Waals surface area (Å²) in [6, 6.07) is 14.0. The number of ether oxygens (including phenoxy) is 1. The van der Waals surface area contributed by atoms with Gasteiger partial charge >= 0.3 is 0 Å². The van der Waals surface area contributed by atoms with Gasteiger partial charge in [-0.2, -0.15) is 0 Å². The molecule has 1 unspecified atom stereocenters. The van der Waals surface area contributed by atoms with Crippen molar-refractivity contribution in [2.24, 2.45) is 0 Å². The number of ketones is 1. The fraction of sp³-hybridized carbons (Fsp3) is 0.316. The number of aryl methyl sites for hydroxylation is 3. The Kier molecular flexibility index (Phi) is 4.92. The molecule has 0 radical (unpaired) electrons. The highest BCUT2D eigenvalue weighted by molar-refractivity contribution is 5.98. The number of carbonyl (C=O) groups is 1. The van der Waals surface area contributed by atoms with Gasteiger partial charge in [0.25, 0.3) is 0 Å². The van der Waals surface area contributed by atoms with Crippen LogP contribution in [0.5, 0.6) is 0 Å². The van der Waals surface area contributed by atoms with Crippen LogP contribution < -0.4 is 0 Å². The van der Waals surface area contributed by atoms with E-state index >= 15 is 0 Å². The first-order chi connectivity index (χ1) is 9.99. The second-order valence-electron chi connectivity index (χ2n) is 5.54. The predicted molar refractivity (Wildman–Crippen MR) is 85.8 cm³/mol. The summed E-state index contributed by atoms with van der Waals surface area (Å²) in [5.74, 6) is 0.0402. The van der Waals surface area contributed by atoms with Crippen molar-refractivity contribution in [2.45, 2.75) is 33.8 Å². The van der Waals surface area contributed by atoms with E-state index in [1.807, 2.05) is 57.2 Å². The molecule has 110 valence electrons. The summed E-state index contributed by atoms with van der Waals surface area (Å²) < 4.78 is 5.72. The molecule has 21 heavy (non-hydrogen) atoms. The summed E-state index contributed by atoms with van der Waals surface area (Å²) in [7, 11) is 0. The van der Waals surface area contributed by atoms with Gasteiger partial charge in [0, 0.05) is 5.56 Å². The molecule has 0 saturated carbocycles. The lowest BCUT2D eigenvalue weighted by Crippen LogP contribution is -2.13. The highest BCUT2D eigenvalue weighted by atomic mass is 16.5. The first-order valence-corrected chi connectivity index (χ1v) is 7.26. The lowest BCUT2D eigenvalue weighted by molar-refractivity contribution is 0.0520. The minimum absolute atomic E-state index is 0.0402. The molecule has 0 spiro atoms. The van der Waals surface area contributed by atoms with Crippen molar-refractivity contribution in [1.82, 2.24) is 0 Å². The quantitative estimate of drug-likeness (QED) is 0.751. The Morgan fingerprint density at radius 3 is 2.29 bits per heavy atom. The molecule has 0 N–H and O–H groups in total. The summed E-state index contributed by atoms with van der Waals surface area (Å²) in [5, 5.41) is 0. The van der Waals surface area contributed by atoms with Gasteiger partial charge in [-0.15, -0.1) is 0 Å². The lowest BCUT2D eigenvalue weighted by atomic mass is 9.98. The molecule has 0 saturated heterocycles. The van der Waals surface area contributed by atoms with Crippen molar-refractivity contribution in [3.8, 4) is 0 Å². The van der Waals surface area contributed by atoms with Gasteiger partial charge in [0.05, 0.1) is 6.10 Å². The van der Waals surface area contributed by atoms with Gasteiger partial charge in [-0.3, -0.25) is 4.79 Å². The molecule has 2 aromatic carbocycles. The topological polar surface area (TPSA) is 26.3 Å². The third-order valence-corrected chi connectivity index (χ3v) is 3.87. The van der Waals surface area contributed by atoms with Crippen LogP contribution in [0.1, 0.15) is 45.6 Å². The number of Topliss-reactive ketones (excluding diaryl/α,β-unsaturated/α-hetero) is 1. The molecular formula is C19H22O2. The minimum atomic E-state index is -0.0815. The predicted octanol–water partition coefficient (Wildman–Crippen LogP) is 4.57. The van der Waals surface area contributed by atoms with Crippen LogP contribution >= 0.6 is 0 Å². The average molecular weight is 282 g/mol. The van der Waals surface area contributed by atoms with Crippen molar-refractivity contribution in [2.75, 3.05) is 6.61 Å². The molecule has 0 aromatic heterocycles. The van der Waals surface area contributed by atoms with Gasteiger partial charge in [-0.05, 0) is 56.0 Å². The van der Waals surface area contributed by atoms with E-state index in [0.29, 0.717) is 0 Å². The van der Waals surface area contributed by atoms with Crippen molar-refractivity contribution in [1.29, 1.82) is 0 Å². The van der Waals surface area contributed by atoms with Gasteiger partial charge < -0.3 is 4.74 Å². The molecule has 0 amide bonds. The Labute approximate surface area is 126 Å². The van der Waals surface area contributed by atoms with Crippen molar-refractivity contribution >= 4 is 5.78 Å². The maximum Gasteiger partial charge on any atom is 0.188 e. The molecule has 1 atom stereocenters. The summed E-state index contributed by atoms with van der Waals surface area (Å²) in [5.41, 5.74) is 5.21. The van der Waals surface area contributed by atoms with Crippen LogP contribution in [-0.4, -0.2) is 12.4 Å². The number of carbonyl (C=O) groups excluding carboxylic acids is 1. The molecule has 0 fully saturated rings. The number of rotatable bonds is 5. The fourth-order valence-corrected chi connectivity index (χ4v) is 2.36. The van der Waals surface area contributed by atoms with E-state index in [4.69, 9.17) is 4.74 Å². The molecule has 2 rings (SSSR count). The highest BCUT2D eigenvalue weighted by Crippen LogP contribution is 2.19. The standard InChI is InChI=1S/C19H22O2/c1-13-10-15(3)18(11-14(13)2)19(20)12-21-16(4)17-8-6-5-7-9-17/h5-11,16H,12H2,1-4H3. The maximum atomic E-state index is 12.3. The Morgan fingerprint density at radius 2 is 1.62 bits per heavy atom. The van der Waals surface area contributed by atoms with Crippen LogP contribution in [-0.2, 0) is 4.74 Å². The monoisotopic (exact) mass is 282 g/mol. The molecule has 0 aliphatic rings. The number of benzene rings is 2. The number of hydrogen-bond donors (Lipinski definition) is 0. The van der Waals surface area contributed by atoms with E-state index in [-0.39, 0.29) is 18.5 Å². The third-order valence-electron chi connectivity index (χ3n) is 3.87. The zero-order chi connectivity index (χ0) is 15.4. The highest BCUT2D eigenvalue weighted by Gasteiger charge is 2.13. The van der Waals surface area contributed by atoms with E-state index < -0.39 is 0 Å². The third kappa shape index (κ3) is 3.79. The second-order valence-corrected chi connectivity index (χ2v) is 5.54. The summed E-state index contributed by atoms with van der Waals surface area (Å²) in [6.45, 7) is 8.14. The normalized spacial score (nSPS) is 12.2. The minimum Gasteiger partial charge on any atom is -0.366 e. The summed E-state index contributed by atoms with van der Waals surface area (Å²) in [6.07, 6.45) is -0.0815. The summed E-state index contributed by atoms with van der Waals surface area (Å²) in [4.78, 5) is 12.3. The van der Waals surface area contributed by atoms with Gasteiger partial charge in [-0.1, -0.05) is 36.4 Å². The van der Waals surface area contributed by atoms with Gasteiger partial charge in [0.1, 0.15) is 6.61 Å². The molecule has 2 nitrogen and oxygen atoms in total. The first-order valence-electron chi connectivity index (χ1n) is 7.26. The van der Waals surface area contributed by atoms with Crippen LogP contribution in [0.3, 0.4) is 0 Å². The van der Waals surface area contributed by atoms with Crippen LogP contribution in [0.15, 0.2) is 42.5 Å². The largest absolute Gasteiger partial charge is 0.366 e. The fourth-order valence-electron chi connectivity index (χ4n) is 2.36. The second kappa shape index (κ2) is 6.68. The van der Waals surface area contributed by atoms with E-state index in [2.05, 4.69) is 13.0 Å². The zero-order valence-electron chi connectivity index (χ0n) is 13.1. The molecular weight excluding hydrogens is 260 g/mol. The average Bonchev–Trinajstić information content (AvgIpc) is 2.49. The SMILES string of the molecule is Cc1cc(C)c(C(=O)COC(C)c2ccccc2)cc1C. The van der Waals surface area contributed by atoms with Gasteiger partial charge in [0.2, 0.25) is 0 Å². The van der Waals surface area contributed by atoms with Crippen LogP contribution in [0.4, 0.5) is 0 Å². The van der Waals surface area contributed by atoms with Crippen LogP contribution in [0.2, 0.25) is 0 Å². The van der Waals surface area contributed by atoms with Crippen LogP contribution in [0, 0.1) is 20.8 Å². The van der Waals surface area contributed by atoms with E-state index in [9.17, 15) is 4.79 Å². The van der Waals surface area contributed by atoms with E-state index in [1.165, 1.54) is 5.56 Å². The lowest BCUT2D eigenvalue weighted by Gasteiger charge is -2.14. The maximum absolute atomic E-state index is 12.3. The zero-order valence-corrected chi connectivity index (χ0v) is 13.1. The number of hydrogen-bond acceptors (Lipinski definition) is 2.